The summed E-state index contributed by atoms with van der Waals surface area (Å²) in [7, 11) is -3.49. The molecule has 2 rings (SSSR count). The van der Waals surface area contributed by atoms with Crippen molar-refractivity contribution >= 4 is 28.3 Å². The highest BCUT2D eigenvalue weighted by molar-refractivity contribution is 7.89. The Hall–Kier alpha value is -1.15. The maximum Gasteiger partial charge on any atom is 0.248 e. The second-order valence-electron chi connectivity index (χ2n) is 5.54. The Balaban J connectivity index is 0.00000264. The molecule has 0 saturated carbocycles. The molecule has 0 unspecified atom stereocenters. The van der Waals surface area contributed by atoms with Crippen LogP contribution in [0.4, 0.5) is 0 Å². The van der Waals surface area contributed by atoms with Crippen LogP contribution in [0.1, 0.15) is 30.1 Å². The molecule has 130 valence electrons. The van der Waals surface area contributed by atoms with Gasteiger partial charge in [-0.05, 0) is 56.1 Å². The van der Waals surface area contributed by atoms with E-state index in [1.54, 1.807) is 0 Å². The van der Waals surface area contributed by atoms with Gasteiger partial charge < -0.3 is 11.1 Å². The third kappa shape index (κ3) is 4.91. The molecule has 6 nitrogen and oxygen atoms in total. The summed E-state index contributed by atoms with van der Waals surface area (Å²) in [4.78, 5) is 11.3. The van der Waals surface area contributed by atoms with Gasteiger partial charge in [0, 0.05) is 18.7 Å². The van der Waals surface area contributed by atoms with Gasteiger partial charge in [0.25, 0.3) is 0 Å². The number of nitrogens with zero attached hydrogens (tertiary/aromatic N) is 1. The van der Waals surface area contributed by atoms with E-state index in [1.807, 2.05) is 0 Å². The van der Waals surface area contributed by atoms with Crippen LogP contribution in [-0.2, 0) is 10.0 Å². The van der Waals surface area contributed by atoms with Gasteiger partial charge in [0.15, 0.2) is 0 Å². The average Bonchev–Trinajstić information content (AvgIpc) is 2.53. The van der Waals surface area contributed by atoms with Crippen LogP contribution in [0.3, 0.4) is 0 Å². The zero-order valence-corrected chi connectivity index (χ0v) is 14.8. The number of piperidine rings is 1. The van der Waals surface area contributed by atoms with Crippen molar-refractivity contribution in [1.29, 1.82) is 0 Å². The number of carbonyl (C=O) groups excluding carboxylic acids is 1. The number of hydrogen-bond donors (Lipinski definition) is 2. The van der Waals surface area contributed by atoms with Crippen LogP contribution in [0.15, 0.2) is 29.2 Å². The van der Waals surface area contributed by atoms with Gasteiger partial charge in [0.2, 0.25) is 15.9 Å². The zero-order valence-electron chi connectivity index (χ0n) is 13.2. The van der Waals surface area contributed by atoms with Gasteiger partial charge in [-0.2, -0.15) is 4.31 Å². The smallest absolute Gasteiger partial charge is 0.248 e. The van der Waals surface area contributed by atoms with Crippen molar-refractivity contribution < 1.29 is 13.2 Å². The van der Waals surface area contributed by atoms with Gasteiger partial charge >= 0.3 is 0 Å². The first-order chi connectivity index (χ1) is 10.4. The molecule has 23 heavy (non-hydrogen) atoms. The van der Waals surface area contributed by atoms with Crippen molar-refractivity contribution in [3.05, 3.63) is 29.8 Å². The first-order valence-corrected chi connectivity index (χ1v) is 9.00. The number of primary amides is 1. The predicted octanol–water partition coefficient (Wildman–Crippen LogP) is 1.22. The summed E-state index contributed by atoms with van der Waals surface area (Å²) in [5.41, 5.74) is 5.47. The third-order valence-corrected chi connectivity index (χ3v) is 5.95. The summed E-state index contributed by atoms with van der Waals surface area (Å²) >= 11 is 0. The molecule has 0 aromatic heterocycles. The Morgan fingerprint density at radius 3 is 2.30 bits per heavy atom. The first-order valence-electron chi connectivity index (χ1n) is 7.56. The number of halogens is 1. The number of nitrogens with two attached hydrogens (primary N) is 1. The number of hydrogen-bond acceptors (Lipinski definition) is 4. The van der Waals surface area contributed by atoms with E-state index in [0.29, 0.717) is 24.6 Å². The molecule has 0 radical (unpaired) electrons. The number of amides is 1. The average molecular weight is 362 g/mol. The van der Waals surface area contributed by atoms with Crippen molar-refractivity contribution in [3.63, 3.8) is 0 Å². The molecule has 1 heterocycles. The maximum absolute atomic E-state index is 12.6. The van der Waals surface area contributed by atoms with Crippen molar-refractivity contribution in [2.45, 2.75) is 24.7 Å². The fourth-order valence-electron chi connectivity index (χ4n) is 2.64. The van der Waals surface area contributed by atoms with Gasteiger partial charge in [-0.1, -0.05) is 6.92 Å². The summed E-state index contributed by atoms with van der Waals surface area (Å²) in [6.45, 7) is 5.02. The van der Waals surface area contributed by atoms with Crippen LogP contribution >= 0.6 is 12.4 Å². The minimum Gasteiger partial charge on any atom is -0.366 e. The molecule has 8 heteroatoms. The van der Waals surface area contributed by atoms with E-state index in [0.717, 1.165) is 25.9 Å². The van der Waals surface area contributed by atoms with Crippen LogP contribution in [0.2, 0.25) is 0 Å². The second-order valence-corrected chi connectivity index (χ2v) is 7.48. The number of sulfonamides is 1. The lowest BCUT2D eigenvalue weighted by molar-refractivity contribution is 0.1000. The Bertz CT molecular complexity index is 611. The van der Waals surface area contributed by atoms with Gasteiger partial charge in [-0.15, -0.1) is 12.4 Å². The van der Waals surface area contributed by atoms with E-state index >= 15 is 0 Å². The van der Waals surface area contributed by atoms with E-state index in [9.17, 15) is 13.2 Å². The van der Waals surface area contributed by atoms with Crippen LogP contribution in [-0.4, -0.2) is 44.8 Å². The molecule has 1 amide bonds. The molecule has 0 aliphatic carbocycles. The predicted molar refractivity (Wildman–Crippen MR) is 92.2 cm³/mol. The fourth-order valence-corrected chi connectivity index (χ4v) is 4.11. The highest BCUT2D eigenvalue weighted by Crippen LogP contribution is 2.23. The fraction of sp³-hybridized carbons (Fsp3) is 0.533. The Labute approximate surface area is 143 Å². The standard InChI is InChI=1S/C15H23N3O3S.ClH/c1-2-17-11-12-7-9-18(10-8-12)22(20,21)14-5-3-13(4-6-14)15(16)19;/h3-6,12,17H,2,7-11H2,1H3,(H2,16,19);1H. The number of benzene rings is 1. The largest absolute Gasteiger partial charge is 0.366 e. The van der Waals surface area contributed by atoms with Gasteiger partial charge in [0.1, 0.15) is 0 Å². The minimum atomic E-state index is -3.49. The molecule has 1 aromatic carbocycles. The summed E-state index contributed by atoms with van der Waals surface area (Å²) in [6, 6.07) is 5.79. The Morgan fingerprint density at radius 1 is 1.26 bits per heavy atom. The SMILES string of the molecule is CCNCC1CCN(S(=O)(=O)c2ccc(C(N)=O)cc2)CC1.Cl. The van der Waals surface area contributed by atoms with E-state index in [1.165, 1.54) is 28.6 Å². The topological polar surface area (TPSA) is 92.5 Å². The highest BCUT2D eigenvalue weighted by Gasteiger charge is 2.29. The van der Waals surface area contributed by atoms with E-state index in [-0.39, 0.29) is 17.3 Å². The molecule has 0 bridgehead atoms. The molecule has 1 saturated heterocycles. The van der Waals surface area contributed by atoms with Crippen LogP contribution in [0.5, 0.6) is 0 Å². The monoisotopic (exact) mass is 361 g/mol. The van der Waals surface area contributed by atoms with Crippen molar-refractivity contribution in [2.24, 2.45) is 11.7 Å². The summed E-state index contributed by atoms with van der Waals surface area (Å²) < 4.78 is 26.7. The number of nitrogens with one attached hydrogen (secondary N) is 1. The highest BCUT2D eigenvalue weighted by atomic mass is 35.5. The normalized spacial score (nSPS) is 16.7. The molecule has 1 aromatic rings. The van der Waals surface area contributed by atoms with Crippen LogP contribution in [0.25, 0.3) is 0 Å². The Morgan fingerprint density at radius 2 is 1.83 bits per heavy atom. The Kier molecular flexibility index (Phi) is 7.47. The molecule has 1 aliphatic rings. The molecule has 1 fully saturated rings. The quantitative estimate of drug-likeness (QED) is 0.796. The van der Waals surface area contributed by atoms with Crippen molar-refractivity contribution in [2.75, 3.05) is 26.2 Å². The first kappa shape index (κ1) is 19.9. The van der Waals surface area contributed by atoms with Crippen LogP contribution < -0.4 is 11.1 Å². The number of rotatable bonds is 6. The zero-order chi connectivity index (χ0) is 16.2. The lowest BCUT2D eigenvalue weighted by Gasteiger charge is -2.31. The van der Waals surface area contributed by atoms with Gasteiger partial charge in [-0.3, -0.25) is 4.79 Å². The van der Waals surface area contributed by atoms with E-state index in [4.69, 9.17) is 5.73 Å². The van der Waals surface area contributed by atoms with E-state index < -0.39 is 15.9 Å². The summed E-state index contributed by atoms with van der Waals surface area (Å²) in [5.74, 6) is -0.0307. The second kappa shape index (κ2) is 8.63. The molecular formula is C15H24ClN3O3S. The maximum atomic E-state index is 12.6. The lowest BCUT2D eigenvalue weighted by atomic mass is 9.98. The molecule has 3 N–H and O–H groups in total. The van der Waals surface area contributed by atoms with Gasteiger partial charge in [0.05, 0.1) is 4.90 Å². The van der Waals surface area contributed by atoms with E-state index in [2.05, 4.69) is 12.2 Å². The van der Waals surface area contributed by atoms with Crippen LogP contribution in [0, 0.1) is 5.92 Å². The van der Waals surface area contributed by atoms with Gasteiger partial charge in [-0.25, -0.2) is 8.42 Å². The molecule has 0 atom stereocenters. The van der Waals surface area contributed by atoms with Crippen molar-refractivity contribution in [1.82, 2.24) is 9.62 Å². The molecule has 0 spiro atoms. The summed E-state index contributed by atoms with van der Waals surface area (Å²) in [5, 5.41) is 3.31. The summed E-state index contributed by atoms with van der Waals surface area (Å²) in [6.07, 6.45) is 1.73. The third-order valence-electron chi connectivity index (χ3n) is 4.03. The minimum absolute atomic E-state index is 0. The molecule has 1 aliphatic heterocycles. The lowest BCUT2D eigenvalue weighted by Crippen LogP contribution is -2.40. The molecular weight excluding hydrogens is 338 g/mol. The number of carbonyl (C=O) groups is 1. The van der Waals surface area contributed by atoms with Crippen molar-refractivity contribution in [3.8, 4) is 0 Å².